The van der Waals surface area contributed by atoms with Crippen LogP contribution in [0, 0.1) is 6.92 Å². The Morgan fingerprint density at radius 1 is 1.11 bits per heavy atom. The summed E-state index contributed by atoms with van der Waals surface area (Å²) in [5, 5.41) is 2.67. The maximum atomic E-state index is 12.9. The molecule has 10 heteroatoms. The highest BCUT2D eigenvalue weighted by Crippen LogP contribution is 2.35. The third kappa shape index (κ3) is 6.47. The van der Waals surface area contributed by atoms with Gasteiger partial charge in [-0.25, -0.2) is 0 Å². The first-order valence-electron chi connectivity index (χ1n) is 11.6. The second kappa shape index (κ2) is 11.6. The molecule has 8 nitrogen and oxygen atoms in total. The topological polar surface area (TPSA) is 96.0 Å². The summed E-state index contributed by atoms with van der Waals surface area (Å²) >= 11 is 6.91. The van der Waals surface area contributed by atoms with Crippen LogP contribution in [0.5, 0.6) is 5.75 Å². The molecule has 4 amide bonds. The van der Waals surface area contributed by atoms with Gasteiger partial charge in [0, 0.05) is 29.4 Å². The molecule has 0 spiro atoms. The quantitative estimate of drug-likeness (QED) is 0.524. The number of halogens is 1. The minimum atomic E-state index is -0.543. The van der Waals surface area contributed by atoms with E-state index in [1.807, 2.05) is 25.1 Å². The van der Waals surface area contributed by atoms with Gasteiger partial charge in [-0.3, -0.25) is 24.1 Å². The molecule has 2 heterocycles. The molecule has 0 unspecified atom stereocenters. The van der Waals surface area contributed by atoms with E-state index in [-0.39, 0.29) is 29.9 Å². The molecule has 0 aromatic heterocycles. The van der Waals surface area contributed by atoms with E-state index >= 15 is 0 Å². The summed E-state index contributed by atoms with van der Waals surface area (Å²) in [7, 11) is 0. The molecule has 2 aromatic carbocycles. The van der Waals surface area contributed by atoms with Crippen LogP contribution in [0.2, 0.25) is 5.02 Å². The number of carbonyl (C=O) groups is 4. The summed E-state index contributed by atoms with van der Waals surface area (Å²) in [6, 6.07) is 12.2. The molecule has 2 aliphatic rings. The molecule has 0 radical (unpaired) electrons. The molecule has 1 N–H and O–H groups in total. The zero-order valence-electron chi connectivity index (χ0n) is 19.8. The van der Waals surface area contributed by atoms with Crippen molar-refractivity contribution in [2.75, 3.05) is 31.6 Å². The Labute approximate surface area is 218 Å². The molecule has 0 saturated carbocycles. The van der Waals surface area contributed by atoms with Gasteiger partial charge in [0.1, 0.15) is 12.3 Å². The Morgan fingerprint density at radius 3 is 2.64 bits per heavy atom. The van der Waals surface area contributed by atoms with Crippen LogP contribution in [-0.4, -0.2) is 59.0 Å². The first kappa shape index (κ1) is 25.8. The van der Waals surface area contributed by atoms with Crippen molar-refractivity contribution >= 4 is 58.1 Å². The fraction of sp³-hybridized carbons (Fsp3) is 0.308. The van der Waals surface area contributed by atoms with E-state index in [1.54, 1.807) is 29.2 Å². The Morgan fingerprint density at radius 2 is 1.89 bits per heavy atom. The second-order valence-electron chi connectivity index (χ2n) is 8.60. The normalized spacial score (nSPS) is 17.0. The van der Waals surface area contributed by atoms with Gasteiger partial charge >= 0.3 is 0 Å². The highest BCUT2D eigenvalue weighted by atomic mass is 35.5. The smallest absolute Gasteiger partial charge is 0.294 e. The van der Waals surface area contributed by atoms with Gasteiger partial charge in [0.25, 0.3) is 17.1 Å². The number of benzene rings is 2. The first-order valence-corrected chi connectivity index (χ1v) is 12.8. The lowest BCUT2D eigenvalue weighted by atomic mass is 10.1. The van der Waals surface area contributed by atoms with E-state index in [0.29, 0.717) is 35.1 Å². The highest BCUT2D eigenvalue weighted by Gasteiger charge is 2.37. The Hall–Kier alpha value is -3.30. The zero-order chi connectivity index (χ0) is 25.7. The van der Waals surface area contributed by atoms with Crippen molar-refractivity contribution in [3.8, 4) is 5.75 Å². The SMILES string of the molecule is Cc1cccc(NC(=O)COc2ccc(Cl)cc2/C=C2\SC(=O)N(CC(=O)N3CCCCC3)C2=O)c1. The van der Waals surface area contributed by atoms with Crippen LogP contribution in [-0.2, 0) is 14.4 Å². The molecule has 2 saturated heterocycles. The zero-order valence-corrected chi connectivity index (χ0v) is 21.4. The maximum absolute atomic E-state index is 12.9. The molecule has 188 valence electrons. The number of amides is 4. The van der Waals surface area contributed by atoms with Gasteiger partial charge in [-0.15, -0.1) is 0 Å². The number of anilines is 1. The number of piperidine rings is 1. The van der Waals surface area contributed by atoms with Gasteiger partial charge in [-0.1, -0.05) is 23.7 Å². The standard InChI is InChI=1S/C26H26ClN3O5S/c1-17-6-5-7-20(12-17)28-23(31)16-35-21-9-8-19(27)13-18(21)14-22-25(33)30(26(34)36-22)15-24(32)29-10-3-2-4-11-29/h5-9,12-14H,2-4,10-11,15-16H2,1H3,(H,28,31)/b22-14-. The Kier molecular flexibility index (Phi) is 8.32. The van der Waals surface area contributed by atoms with E-state index in [1.165, 1.54) is 6.08 Å². The maximum Gasteiger partial charge on any atom is 0.294 e. The number of nitrogens with zero attached hydrogens (tertiary/aromatic N) is 2. The molecule has 36 heavy (non-hydrogen) atoms. The number of carbonyl (C=O) groups excluding carboxylic acids is 4. The minimum absolute atomic E-state index is 0.155. The van der Waals surface area contributed by atoms with Crippen molar-refractivity contribution in [1.29, 1.82) is 0 Å². The van der Waals surface area contributed by atoms with E-state index in [4.69, 9.17) is 16.3 Å². The van der Waals surface area contributed by atoms with Crippen LogP contribution in [0.1, 0.15) is 30.4 Å². The monoisotopic (exact) mass is 527 g/mol. The van der Waals surface area contributed by atoms with Crippen LogP contribution >= 0.6 is 23.4 Å². The largest absolute Gasteiger partial charge is 0.483 e. The number of aryl methyl sites for hydroxylation is 1. The van der Waals surface area contributed by atoms with E-state index in [9.17, 15) is 19.2 Å². The summed E-state index contributed by atoms with van der Waals surface area (Å²) in [4.78, 5) is 53.2. The van der Waals surface area contributed by atoms with Gasteiger partial charge in [0.05, 0.1) is 4.91 Å². The average molecular weight is 528 g/mol. The third-order valence-corrected chi connectivity index (χ3v) is 6.94. The first-order chi connectivity index (χ1) is 17.3. The van der Waals surface area contributed by atoms with Crippen LogP contribution in [0.15, 0.2) is 47.4 Å². The number of ether oxygens (including phenoxy) is 1. The van der Waals surface area contributed by atoms with Gasteiger partial charge in [-0.05, 0) is 79.9 Å². The number of hydrogen-bond donors (Lipinski definition) is 1. The third-order valence-electron chi connectivity index (χ3n) is 5.79. The predicted molar refractivity (Wildman–Crippen MR) is 140 cm³/mol. The van der Waals surface area contributed by atoms with Crippen molar-refractivity contribution in [2.24, 2.45) is 0 Å². The van der Waals surface area contributed by atoms with Gasteiger partial charge in [0.15, 0.2) is 6.61 Å². The summed E-state index contributed by atoms with van der Waals surface area (Å²) < 4.78 is 5.70. The summed E-state index contributed by atoms with van der Waals surface area (Å²) in [5.41, 5.74) is 2.12. The van der Waals surface area contributed by atoms with Gasteiger partial charge in [-0.2, -0.15) is 0 Å². The molecular formula is C26H26ClN3O5S. The lowest BCUT2D eigenvalue weighted by Crippen LogP contribution is -2.44. The number of imide groups is 1. The average Bonchev–Trinajstić information content (AvgIpc) is 3.11. The molecule has 2 fully saturated rings. The lowest BCUT2D eigenvalue weighted by Gasteiger charge is -2.27. The predicted octanol–water partition coefficient (Wildman–Crippen LogP) is 4.71. The fourth-order valence-electron chi connectivity index (χ4n) is 3.98. The summed E-state index contributed by atoms with van der Waals surface area (Å²) in [6.07, 6.45) is 4.42. The number of rotatable bonds is 7. The Balaban J connectivity index is 1.44. The van der Waals surface area contributed by atoms with Crippen molar-refractivity contribution < 1.29 is 23.9 Å². The lowest BCUT2D eigenvalue weighted by molar-refractivity contribution is -0.136. The van der Waals surface area contributed by atoms with Crippen LogP contribution in [0.4, 0.5) is 10.5 Å². The van der Waals surface area contributed by atoms with Gasteiger partial charge < -0.3 is 15.0 Å². The van der Waals surface area contributed by atoms with Crippen molar-refractivity contribution in [2.45, 2.75) is 26.2 Å². The molecule has 0 bridgehead atoms. The van der Waals surface area contributed by atoms with Crippen LogP contribution in [0.3, 0.4) is 0 Å². The molecule has 4 rings (SSSR count). The molecule has 0 aliphatic carbocycles. The molecule has 2 aliphatic heterocycles. The Bertz CT molecular complexity index is 1230. The van der Waals surface area contributed by atoms with Gasteiger partial charge in [0.2, 0.25) is 5.91 Å². The van der Waals surface area contributed by atoms with E-state index < -0.39 is 11.1 Å². The highest BCUT2D eigenvalue weighted by molar-refractivity contribution is 8.18. The van der Waals surface area contributed by atoms with E-state index in [2.05, 4.69) is 5.32 Å². The van der Waals surface area contributed by atoms with Crippen LogP contribution < -0.4 is 10.1 Å². The van der Waals surface area contributed by atoms with Crippen molar-refractivity contribution in [3.63, 3.8) is 0 Å². The van der Waals surface area contributed by atoms with Crippen molar-refractivity contribution in [3.05, 3.63) is 63.5 Å². The number of nitrogens with one attached hydrogen (secondary N) is 1. The molecule has 2 aromatic rings. The minimum Gasteiger partial charge on any atom is -0.483 e. The van der Waals surface area contributed by atoms with Crippen molar-refractivity contribution in [1.82, 2.24) is 9.80 Å². The summed E-state index contributed by atoms with van der Waals surface area (Å²) in [6.45, 7) is 2.68. The number of thioether (sulfide) groups is 1. The second-order valence-corrected chi connectivity index (χ2v) is 10.0. The molecule has 0 atom stereocenters. The van der Waals surface area contributed by atoms with E-state index in [0.717, 1.165) is 41.5 Å². The number of likely N-dealkylation sites (tertiary alicyclic amines) is 1. The number of hydrogen-bond acceptors (Lipinski definition) is 6. The fourth-order valence-corrected chi connectivity index (χ4v) is 4.99. The molecular weight excluding hydrogens is 502 g/mol. The summed E-state index contributed by atoms with van der Waals surface area (Å²) in [5.74, 6) is -0.795. The van der Waals surface area contributed by atoms with Crippen LogP contribution in [0.25, 0.3) is 6.08 Å².